The van der Waals surface area contributed by atoms with Crippen LogP contribution in [-0.2, 0) is 16.1 Å². The lowest BCUT2D eigenvalue weighted by molar-refractivity contribution is -0.132. The molecule has 2 N–H and O–H groups in total. The van der Waals surface area contributed by atoms with Crippen LogP contribution in [0, 0.1) is 5.92 Å². The maximum atomic E-state index is 12.5. The van der Waals surface area contributed by atoms with Crippen LogP contribution < -0.4 is 5.73 Å². The van der Waals surface area contributed by atoms with Crippen LogP contribution in [0.25, 0.3) is 11.6 Å². The summed E-state index contributed by atoms with van der Waals surface area (Å²) in [5, 5.41) is 9.01. The molecule has 2 aromatic heterocycles. The van der Waals surface area contributed by atoms with Crippen LogP contribution in [-0.4, -0.2) is 50.3 Å². The molecule has 8 nitrogen and oxygen atoms in total. The minimum atomic E-state index is -0.334. The van der Waals surface area contributed by atoms with E-state index in [0.717, 1.165) is 12.8 Å². The average molecular weight is 363 g/mol. The number of rotatable bonds is 6. The van der Waals surface area contributed by atoms with Crippen LogP contribution >= 0.6 is 11.8 Å². The lowest BCUT2D eigenvalue weighted by Gasteiger charge is -2.31. The zero-order valence-corrected chi connectivity index (χ0v) is 14.9. The topological polar surface area (TPSA) is 107 Å². The molecular formula is C16H21N5O3S. The molecular weight excluding hydrogens is 342 g/mol. The van der Waals surface area contributed by atoms with Crippen molar-refractivity contribution >= 4 is 23.6 Å². The molecule has 1 atom stereocenters. The fraction of sp³-hybridized carbons (Fsp3) is 0.500. The summed E-state index contributed by atoms with van der Waals surface area (Å²) in [5.74, 6) is 0.955. The van der Waals surface area contributed by atoms with Crippen LogP contribution in [0.3, 0.4) is 0 Å². The number of carbonyl (C=O) groups is 2. The first-order valence-corrected chi connectivity index (χ1v) is 9.25. The van der Waals surface area contributed by atoms with Crippen LogP contribution in [0.15, 0.2) is 28.0 Å². The summed E-state index contributed by atoms with van der Waals surface area (Å²) in [6.07, 6.45) is 3.15. The van der Waals surface area contributed by atoms with Gasteiger partial charge in [-0.1, -0.05) is 11.8 Å². The molecule has 3 rings (SSSR count). The van der Waals surface area contributed by atoms with E-state index in [0.29, 0.717) is 36.4 Å². The third-order valence-electron chi connectivity index (χ3n) is 4.28. The number of piperidine rings is 1. The van der Waals surface area contributed by atoms with Gasteiger partial charge in [0.25, 0.3) is 0 Å². The van der Waals surface area contributed by atoms with Gasteiger partial charge in [0.1, 0.15) is 0 Å². The Bertz CT molecular complexity index is 743. The molecule has 0 aliphatic carbocycles. The second kappa shape index (κ2) is 7.73. The predicted molar refractivity (Wildman–Crippen MR) is 92.6 cm³/mol. The number of hydrogen-bond donors (Lipinski definition) is 1. The van der Waals surface area contributed by atoms with Crippen molar-refractivity contribution in [3.05, 3.63) is 18.4 Å². The average Bonchev–Trinajstić information content (AvgIpc) is 3.28. The van der Waals surface area contributed by atoms with E-state index in [1.54, 1.807) is 17.2 Å². The Kier molecular flexibility index (Phi) is 5.42. The fourth-order valence-electron chi connectivity index (χ4n) is 2.92. The highest BCUT2D eigenvalue weighted by atomic mass is 32.2. The number of amides is 2. The second-order valence-corrected chi connectivity index (χ2v) is 6.84. The van der Waals surface area contributed by atoms with Crippen molar-refractivity contribution in [3.8, 4) is 11.6 Å². The number of carbonyl (C=O) groups excluding carboxylic acids is 2. The summed E-state index contributed by atoms with van der Waals surface area (Å²) in [5.41, 5.74) is 5.37. The van der Waals surface area contributed by atoms with Crippen molar-refractivity contribution in [2.24, 2.45) is 11.7 Å². The normalized spacial score (nSPS) is 17.6. The van der Waals surface area contributed by atoms with Gasteiger partial charge in [-0.15, -0.1) is 10.2 Å². The van der Waals surface area contributed by atoms with Gasteiger partial charge in [0.05, 0.1) is 17.9 Å². The lowest BCUT2D eigenvalue weighted by atomic mass is 9.97. The van der Waals surface area contributed by atoms with Gasteiger partial charge >= 0.3 is 0 Å². The van der Waals surface area contributed by atoms with Crippen molar-refractivity contribution in [1.82, 2.24) is 19.7 Å². The molecule has 134 valence electrons. The van der Waals surface area contributed by atoms with Crippen molar-refractivity contribution in [2.75, 3.05) is 18.8 Å². The first-order chi connectivity index (χ1) is 12.1. The molecule has 3 heterocycles. The quantitative estimate of drug-likeness (QED) is 0.777. The van der Waals surface area contributed by atoms with E-state index in [4.69, 9.17) is 10.2 Å². The van der Waals surface area contributed by atoms with Crippen molar-refractivity contribution in [3.63, 3.8) is 0 Å². The summed E-state index contributed by atoms with van der Waals surface area (Å²) in [4.78, 5) is 25.5. The van der Waals surface area contributed by atoms with Crippen molar-refractivity contribution in [2.45, 2.75) is 31.5 Å². The Balaban J connectivity index is 1.63. The second-order valence-electron chi connectivity index (χ2n) is 5.90. The van der Waals surface area contributed by atoms with Gasteiger partial charge in [-0.25, -0.2) is 0 Å². The predicted octanol–water partition coefficient (Wildman–Crippen LogP) is 1.37. The third kappa shape index (κ3) is 3.87. The van der Waals surface area contributed by atoms with E-state index in [2.05, 4.69) is 10.2 Å². The first kappa shape index (κ1) is 17.5. The minimum Gasteiger partial charge on any atom is -0.461 e. The van der Waals surface area contributed by atoms with E-state index in [1.807, 2.05) is 17.6 Å². The number of thioether (sulfide) groups is 1. The van der Waals surface area contributed by atoms with Crippen LogP contribution in [0.2, 0.25) is 0 Å². The molecule has 2 amide bonds. The van der Waals surface area contributed by atoms with Crippen LogP contribution in [0.4, 0.5) is 0 Å². The van der Waals surface area contributed by atoms with Crippen LogP contribution in [0.5, 0.6) is 0 Å². The Labute approximate surface area is 149 Å². The Morgan fingerprint density at radius 3 is 2.96 bits per heavy atom. The number of aromatic nitrogens is 3. The smallest absolute Gasteiger partial charge is 0.233 e. The Morgan fingerprint density at radius 1 is 1.44 bits per heavy atom. The standard InChI is InChI=1S/C16H21N5O3S/c1-2-21-15(12-6-4-8-24-12)18-19-16(21)25-10-13(22)20-7-3-5-11(9-20)14(17)23/h4,6,8,11H,2-3,5,7,9-10H2,1H3,(H2,17,23). The third-order valence-corrected chi connectivity index (χ3v) is 5.23. The first-order valence-electron chi connectivity index (χ1n) is 8.27. The molecule has 1 saturated heterocycles. The monoisotopic (exact) mass is 363 g/mol. The number of hydrogen-bond acceptors (Lipinski definition) is 6. The Morgan fingerprint density at radius 2 is 2.28 bits per heavy atom. The summed E-state index contributed by atoms with van der Waals surface area (Å²) >= 11 is 1.34. The van der Waals surface area contributed by atoms with Gasteiger partial charge in [0, 0.05) is 19.6 Å². The number of likely N-dealkylation sites (tertiary alicyclic amines) is 1. The molecule has 0 aromatic carbocycles. The van der Waals surface area contributed by atoms with Crippen molar-refractivity contribution < 1.29 is 14.0 Å². The van der Waals surface area contributed by atoms with E-state index in [9.17, 15) is 9.59 Å². The molecule has 0 radical (unpaired) electrons. The van der Waals surface area contributed by atoms with Gasteiger partial charge in [-0.05, 0) is 31.9 Å². The fourth-order valence-corrected chi connectivity index (χ4v) is 3.83. The highest BCUT2D eigenvalue weighted by molar-refractivity contribution is 7.99. The zero-order valence-electron chi connectivity index (χ0n) is 14.1. The summed E-state index contributed by atoms with van der Waals surface area (Å²) in [6, 6.07) is 3.62. The van der Waals surface area contributed by atoms with E-state index >= 15 is 0 Å². The van der Waals surface area contributed by atoms with Crippen LogP contribution in [0.1, 0.15) is 19.8 Å². The highest BCUT2D eigenvalue weighted by Gasteiger charge is 2.27. The largest absolute Gasteiger partial charge is 0.461 e. The molecule has 0 spiro atoms. The molecule has 1 aliphatic heterocycles. The van der Waals surface area contributed by atoms with Gasteiger partial charge in [-0.3, -0.25) is 14.2 Å². The zero-order chi connectivity index (χ0) is 17.8. The van der Waals surface area contributed by atoms with E-state index in [1.165, 1.54) is 11.8 Å². The molecule has 2 aromatic rings. The maximum Gasteiger partial charge on any atom is 0.233 e. The summed E-state index contributed by atoms with van der Waals surface area (Å²) in [6.45, 7) is 3.74. The Hall–Kier alpha value is -2.29. The van der Waals surface area contributed by atoms with Gasteiger partial charge in [0.2, 0.25) is 11.8 Å². The number of nitrogens with two attached hydrogens (primary N) is 1. The maximum absolute atomic E-state index is 12.5. The highest BCUT2D eigenvalue weighted by Crippen LogP contribution is 2.25. The van der Waals surface area contributed by atoms with Gasteiger partial charge < -0.3 is 15.1 Å². The molecule has 1 unspecified atom stereocenters. The lowest BCUT2D eigenvalue weighted by Crippen LogP contribution is -2.44. The number of nitrogens with zero attached hydrogens (tertiary/aromatic N) is 4. The van der Waals surface area contributed by atoms with Crippen molar-refractivity contribution in [1.29, 1.82) is 0 Å². The summed E-state index contributed by atoms with van der Waals surface area (Å²) in [7, 11) is 0. The number of furan rings is 1. The molecule has 0 saturated carbocycles. The molecule has 1 fully saturated rings. The molecule has 1 aliphatic rings. The summed E-state index contributed by atoms with van der Waals surface area (Å²) < 4.78 is 7.29. The SMILES string of the molecule is CCn1c(SCC(=O)N2CCCC(C(N)=O)C2)nnc1-c1ccco1. The van der Waals surface area contributed by atoms with Gasteiger partial charge in [-0.2, -0.15) is 0 Å². The van der Waals surface area contributed by atoms with E-state index < -0.39 is 0 Å². The molecule has 25 heavy (non-hydrogen) atoms. The minimum absolute atomic E-state index is 0.0128. The molecule has 9 heteroatoms. The van der Waals surface area contributed by atoms with Gasteiger partial charge in [0.15, 0.2) is 16.7 Å². The molecule has 0 bridgehead atoms. The van der Waals surface area contributed by atoms with E-state index in [-0.39, 0.29) is 23.5 Å². The number of primary amides is 1.